The van der Waals surface area contributed by atoms with Crippen molar-refractivity contribution in [1.82, 2.24) is 14.7 Å². The van der Waals surface area contributed by atoms with Crippen molar-refractivity contribution in [3.05, 3.63) is 0 Å². The SMILES string of the molecule is CN1CCC(CC(=O)N2CCN(C=O)CC2)CC1. The van der Waals surface area contributed by atoms with Crippen LogP contribution in [0, 0.1) is 5.92 Å². The summed E-state index contributed by atoms with van der Waals surface area (Å²) in [6.07, 6.45) is 3.83. The fourth-order valence-corrected chi connectivity index (χ4v) is 2.72. The Hall–Kier alpha value is -1.10. The van der Waals surface area contributed by atoms with E-state index in [2.05, 4.69) is 11.9 Å². The van der Waals surface area contributed by atoms with Crippen LogP contribution >= 0.6 is 0 Å². The smallest absolute Gasteiger partial charge is 0.222 e. The maximum Gasteiger partial charge on any atom is 0.222 e. The zero-order valence-corrected chi connectivity index (χ0v) is 11.2. The molecule has 0 bridgehead atoms. The first kappa shape index (κ1) is 13.3. The predicted octanol–water partition coefficient (Wildman–Crippen LogP) is 0.0189. The molecule has 0 aromatic carbocycles. The summed E-state index contributed by atoms with van der Waals surface area (Å²) in [5, 5.41) is 0. The Kier molecular flexibility index (Phi) is 4.58. The lowest BCUT2D eigenvalue weighted by Gasteiger charge is -2.34. The number of likely N-dealkylation sites (tertiary alicyclic amines) is 1. The number of carbonyl (C=O) groups is 2. The molecule has 0 aromatic rings. The van der Waals surface area contributed by atoms with Crippen LogP contribution in [0.1, 0.15) is 19.3 Å². The molecule has 0 spiro atoms. The molecule has 0 unspecified atom stereocenters. The van der Waals surface area contributed by atoms with Crippen LogP contribution in [-0.2, 0) is 9.59 Å². The maximum atomic E-state index is 12.1. The summed E-state index contributed by atoms with van der Waals surface area (Å²) < 4.78 is 0. The van der Waals surface area contributed by atoms with Crippen molar-refractivity contribution in [2.75, 3.05) is 46.3 Å². The molecule has 2 fully saturated rings. The minimum atomic E-state index is 0.273. The number of hydrogen-bond donors (Lipinski definition) is 0. The van der Waals surface area contributed by atoms with Gasteiger partial charge in [-0.3, -0.25) is 9.59 Å². The summed E-state index contributed by atoms with van der Waals surface area (Å²) in [6, 6.07) is 0. The van der Waals surface area contributed by atoms with Gasteiger partial charge in [0.05, 0.1) is 0 Å². The van der Waals surface area contributed by atoms with Crippen molar-refractivity contribution in [3.63, 3.8) is 0 Å². The number of hydrogen-bond acceptors (Lipinski definition) is 3. The highest BCUT2D eigenvalue weighted by atomic mass is 16.2. The average molecular weight is 253 g/mol. The molecule has 0 radical (unpaired) electrons. The van der Waals surface area contributed by atoms with Crippen LogP contribution in [0.25, 0.3) is 0 Å². The predicted molar refractivity (Wildman–Crippen MR) is 69.1 cm³/mol. The van der Waals surface area contributed by atoms with E-state index in [1.165, 1.54) is 0 Å². The molecule has 0 saturated carbocycles. The molecular formula is C13H23N3O2. The van der Waals surface area contributed by atoms with Crippen LogP contribution in [0.5, 0.6) is 0 Å². The Morgan fingerprint density at radius 3 is 2.28 bits per heavy atom. The topological polar surface area (TPSA) is 43.9 Å². The third-order valence-electron chi connectivity index (χ3n) is 4.12. The molecule has 0 aliphatic carbocycles. The first-order valence-corrected chi connectivity index (χ1v) is 6.84. The van der Waals surface area contributed by atoms with Crippen LogP contribution in [0.2, 0.25) is 0 Å². The first-order chi connectivity index (χ1) is 8.69. The Balaban J connectivity index is 1.73. The van der Waals surface area contributed by atoms with Crippen LogP contribution in [0.3, 0.4) is 0 Å². The Morgan fingerprint density at radius 1 is 1.11 bits per heavy atom. The van der Waals surface area contributed by atoms with E-state index in [-0.39, 0.29) is 5.91 Å². The van der Waals surface area contributed by atoms with Gasteiger partial charge in [0.1, 0.15) is 0 Å². The van der Waals surface area contributed by atoms with Crippen molar-refractivity contribution in [3.8, 4) is 0 Å². The Morgan fingerprint density at radius 2 is 1.72 bits per heavy atom. The molecule has 2 heterocycles. The molecule has 0 N–H and O–H groups in total. The molecule has 0 atom stereocenters. The van der Waals surface area contributed by atoms with Gasteiger partial charge in [-0.15, -0.1) is 0 Å². The number of amides is 2. The van der Waals surface area contributed by atoms with E-state index in [1.807, 2.05) is 4.90 Å². The minimum Gasteiger partial charge on any atom is -0.342 e. The zero-order chi connectivity index (χ0) is 13.0. The second-order valence-corrected chi connectivity index (χ2v) is 5.47. The fraction of sp³-hybridized carbons (Fsp3) is 0.846. The molecule has 5 heteroatoms. The van der Waals surface area contributed by atoms with Gasteiger partial charge in [-0.05, 0) is 38.9 Å². The van der Waals surface area contributed by atoms with Crippen molar-refractivity contribution in [1.29, 1.82) is 0 Å². The summed E-state index contributed by atoms with van der Waals surface area (Å²) in [5.41, 5.74) is 0. The molecule has 2 saturated heterocycles. The standard InChI is InChI=1S/C13H23N3O2/c1-14-4-2-12(3-5-14)10-13(18)16-8-6-15(11-17)7-9-16/h11-12H,2-10H2,1H3. The quantitative estimate of drug-likeness (QED) is 0.666. The summed E-state index contributed by atoms with van der Waals surface area (Å²) in [5.74, 6) is 0.827. The number of nitrogens with zero attached hydrogens (tertiary/aromatic N) is 3. The van der Waals surface area contributed by atoms with Gasteiger partial charge in [-0.25, -0.2) is 0 Å². The summed E-state index contributed by atoms with van der Waals surface area (Å²) in [6.45, 7) is 4.98. The highest BCUT2D eigenvalue weighted by Gasteiger charge is 2.24. The van der Waals surface area contributed by atoms with E-state index < -0.39 is 0 Å². The van der Waals surface area contributed by atoms with Gasteiger partial charge in [-0.2, -0.15) is 0 Å². The van der Waals surface area contributed by atoms with Crippen molar-refractivity contribution >= 4 is 12.3 Å². The van der Waals surface area contributed by atoms with Crippen LogP contribution < -0.4 is 0 Å². The molecule has 2 rings (SSSR count). The average Bonchev–Trinajstić information content (AvgIpc) is 2.41. The molecule has 5 nitrogen and oxygen atoms in total. The third kappa shape index (κ3) is 3.45. The molecule has 2 aliphatic heterocycles. The summed E-state index contributed by atoms with van der Waals surface area (Å²) in [4.78, 5) is 28.7. The van der Waals surface area contributed by atoms with E-state index in [9.17, 15) is 9.59 Å². The fourth-order valence-electron chi connectivity index (χ4n) is 2.72. The summed E-state index contributed by atoms with van der Waals surface area (Å²) in [7, 11) is 2.14. The molecule has 18 heavy (non-hydrogen) atoms. The van der Waals surface area contributed by atoms with Crippen LogP contribution in [0.15, 0.2) is 0 Å². The third-order valence-corrected chi connectivity index (χ3v) is 4.12. The van der Waals surface area contributed by atoms with Crippen molar-refractivity contribution < 1.29 is 9.59 Å². The van der Waals surface area contributed by atoms with Gasteiger partial charge in [0, 0.05) is 32.6 Å². The summed E-state index contributed by atoms with van der Waals surface area (Å²) >= 11 is 0. The molecule has 2 amide bonds. The monoisotopic (exact) mass is 253 g/mol. The van der Waals surface area contributed by atoms with E-state index >= 15 is 0 Å². The van der Waals surface area contributed by atoms with Crippen LogP contribution in [0.4, 0.5) is 0 Å². The van der Waals surface area contributed by atoms with E-state index in [0.29, 0.717) is 38.5 Å². The number of piperazine rings is 1. The van der Waals surface area contributed by atoms with Crippen LogP contribution in [-0.4, -0.2) is 73.3 Å². The second-order valence-electron chi connectivity index (χ2n) is 5.47. The Labute approximate surface area is 109 Å². The van der Waals surface area contributed by atoms with E-state index in [1.54, 1.807) is 4.90 Å². The number of carbonyl (C=O) groups excluding carboxylic acids is 2. The van der Waals surface area contributed by atoms with Gasteiger partial charge < -0.3 is 14.7 Å². The maximum absolute atomic E-state index is 12.1. The first-order valence-electron chi connectivity index (χ1n) is 6.84. The molecule has 102 valence electrons. The Bertz CT molecular complexity index is 293. The molecule has 2 aliphatic rings. The second kappa shape index (κ2) is 6.18. The number of piperidine rings is 1. The van der Waals surface area contributed by atoms with Gasteiger partial charge in [-0.1, -0.05) is 0 Å². The van der Waals surface area contributed by atoms with Gasteiger partial charge >= 0.3 is 0 Å². The molecular weight excluding hydrogens is 230 g/mol. The van der Waals surface area contributed by atoms with Gasteiger partial charge in [0.15, 0.2) is 0 Å². The molecule has 0 aromatic heterocycles. The lowest BCUT2D eigenvalue weighted by Crippen LogP contribution is -2.48. The van der Waals surface area contributed by atoms with E-state index in [0.717, 1.165) is 32.3 Å². The normalized spacial score (nSPS) is 23.2. The van der Waals surface area contributed by atoms with Crippen molar-refractivity contribution in [2.45, 2.75) is 19.3 Å². The highest BCUT2D eigenvalue weighted by molar-refractivity contribution is 5.76. The van der Waals surface area contributed by atoms with Gasteiger partial charge in [0.25, 0.3) is 0 Å². The lowest BCUT2D eigenvalue weighted by molar-refractivity contribution is -0.136. The number of rotatable bonds is 3. The zero-order valence-electron chi connectivity index (χ0n) is 11.2. The minimum absolute atomic E-state index is 0.273. The lowest BCUT2D eigenvalue weighted by atomic mass is 9.93. The van der Waals surface area contributed by atoms with Crippen molar-refractivity contribution in [2.24, 2.45) is 5.92 Å². The largest absolute Gasteiger partial charge is 0.342 e. The van der Waals surface area contributed by atoms with Gasteiger partial charge in [0.2, 0.25) is 12.3 Å². The van der Waals surface area contributed by atoms with E-state index in [4.69, 9.17) is 0 Å². The highest BCUT2D eigenvalue weighted by Crippen LogP contribution is 2.20.